The number of rotatable bonds is 2. The second-order valence-electron chi connectivity index (χ2n) is 5.12. The third-order valence-corrected chi connectivity index (χ3v) is 3.75. The van der Waals surface area contributed by atoms with Crippen LogP contribution in [0.3, 0.4) is 0 Å². The maximum absolute atomic E-state index is 10.4. The van der Waals surface area contributed by atoms with Crippen LogP contribution in [-0.2, 0) is 25.5 Å². The van der Waals surface area contributed by atoms with Gasteiger partial charge in [0.15, 0.2) is 11.4 Å². The zero-order chi connectivity index (χ0) is 11.8. The Morgan fingerprint density at radius 1 is 1.44 bits per heavy atom. The molecule has 0 spiro atoms. The van der Waals surface area contributed by atoms with Crippen molar-refractivity contribution in [1.29, 1.82) is 0 Å². The van der Waals surface area contributed by atoms with Crippen LogP contribution in [-0.4, -0.2) is 5.11 Å². The van der Waals surface area contributed by atoms with Gasteiger partial charge in [0.25, 0.3) is 0 Å². The van der Waals surface area contributed by atoms with Crippen LogP contribution in [0.1, 0.15) is 50.1 Å². The van der Waals surface area contributed by atoms with Crippen LogP contribution in [0.25, 0.3) is 0 Å². The average molecular weight is 220 g/mol. The first-order valence-electron chi connectivity index (χ1n) is 6.30. The Morgan fingerprint density at radius 3 is 2.88 bits per heavy atom. The van der Waals surface area contributed by atoms with Crippen molar-refractivity contribution < 1.29 is 9.67 Å². The summed E-state index contributed by atoms with van der Waals surface area (Å²) in [7, 11) is 2.13. The molecule has 2 rings (SSSR count). The lowest BCUT2D eigenvalue weighted by Crippen LogP contribution is -2.44. The van der Waals surface area contributed by atoms with Gasteiger partial charge in [0.1, 0.15) is 7.05 Å². The fourth-order valence-electron chi connectivity index (χ4n) is 2.78. The molecule has 0 aromatic carbocycles. The van der Waals surface area contributed by atoms with Gasteiger partial charge in [0.05, 0.1) is 11.2 Å². The highest BCUT2D eigenvalue weighted by molar-refractivity contribution is 5.27. The molecule has 0 fully saturated rings. The predicted molar refractivity (Wildman–Crippen MR) is 64.1 cm³/mol. The number of aryl methyl sites for hydroxylation is 1. The molecule has 0 saturated carbocycles. The lowest BCUT2D eigenvalue weighted by atomic mass is 9.82. The van der Waals surface area contributed by atoms with E-state index in [4.69, 9.17) is 0 Å². The second-order valence-corrected chi connectivity index (χ2v) is 5.12. The van der Waals surface area contributed by atoms with Crippen LogP contribution in [0.5, 0.6) is 0 Å². The molecule has 1 aromatic heterocycles. The summed E-state index contributed by atoms with van der Waals surface area (Å²) >= 11 is 0. The first-order valence-corrected chi connectivity index (χ1v) is 6.30. The van der Waals surface area contributed by atoms with Gasteiger partial charge in [-0.25, -0.2) is 4.57 Å². The van der Waals surface area contributed by atoms with E-state index < -0.39 is 5.60 Å². The van der Waals surface area contributed by atoms with Crippen LogP contribution in [0.4, 0.5) is 0 Å². The van der Waals surface area contributed by atoms with Gasteiger partial charge in [-0.2, -0.15) is 0 Å². The predicted octanol–water partition coefficient (Wildman–Crippen LogP) is 2.01. The Kier molecular flexibility index (Phi) is 3.02. The van der Waals surface area contributed by atoms with Crippen molar-refractivity contribution in [2.75, 3.05) is 0 Å². The Hall–Kier alpha value is -0.890. The summed E-state index contributed by atoms with van der Waals surface area (Å²) in [5.74, 6) is 0. The molecule has 0 saturated heterocycles. The van der Waals surface area contributed by atoms with E-state index in [0.717, 1.165) is 31.2 Å². The fourth-order valence-corrected chi connectivity index (χ4v) is 2.78. The van der Waals surface area contributed by atoms with Gasteiger partial charge >= 0.3 is 0 Å². The van der Waals surface area contributed by atoms with E-state index in [1.807, 2.05) is 6.92 Å². The summed E-state index contributed by atoms with van der Waals surface area (Å²) < 4.78 is 2.28. The molecule has 1 aliphatic carbocycles. The number of hydrogen-bond donors (Lipinski definition) is 1. The van der Waals surface area contributed by atoms with Gasteiger partial charge in [-0.05, 0) is 32.3 Å². The summed E-state index contributed by atoms with van der Waals surface area (Å²) in [6.07, 6.45) is 5.35. The number of fused-ring (bicyclic) bond motifs is 1. The van der Waals surface area contributed by atoms with E-state index in [0.29, 0.717) is 0 Å². The lowest BCUT2D eigenvalue weighted by Gasteiger charge is -2.29. The molecule has 1 aromatic rings. The van der Waals surface area contributed by atoms with E-state index in [9.17, 15) is 5.11 Å². The number of nitrogens with zero attached hydrogens (tertiary/aromatic N) is 1. The average Bonchev–Trinajstić information content (AvgIpc) is 2.22. The quantitative estimate of drug-likeness (QED) is 0.757. The molecule has 1 N–H and O–H groups in total. The molecule has 16 heavy (non-hydrogen) atoms. The first-order chi connectivity index (χ1) is 7.56. The Bertz CT molecular complexity index is 396. The third kappa shape index (κ3) is 1.86. The SMILES string of the molecule is CCCc1ccc2c([n+]1C)CCCC2(C)O. The molecule has 1 unspecified atom stereocenters. The van der Waals surface area contributed by atoms with Crippen LogP contribution in [0.15, 0.2) is 12.1 Å². The van der Waals surface area contributed by atoms with Crippen molar-refractivity contribution in [2.45, 2.75) is 51.6 Å². The standard InChI is InChI=1S/C14H22NO/c1-4-6-11-8-9-12-13(15(11)3)7-5-10-14(12,2)16/h8-9,16H,4-7,10H2,1-3H3/q+1. The molecule has 1 heterocycles. The molecule has 0 bridgehead atoms. The smallest absolute Gasteiger partial charge is 0.187 e. The fraction of sp³-hybridized carbons (Fsp3) is 0.643. The minimum Gasteiger partial charge on any atom is -0.385 e. The minimum absolute atomic E-state index is 0.629. The normalized spacial score (nSPS) is 24.2. The molecule has 1 atom stereocenters. The molecule has 2 nitrogen and oxygen atoms in total. The van der Waals surface area contributed by atoms with E-state index in [-0.39, 0.29) is 0 Å². The zero-order valence-electron chi connectivity index (χ0n) is 10.6. The van der Waals surface area contributed by atoms with Crippen molar-refractivity contribution in [2.24, 2.45) is 7.05 Å². The zero-order valence-corrected chi connectivity index (χ0v) is 10.6. The van der Waals surface area contributed by atoms with E-state index in [2.05, 4.69) is 30.7 Å². The highest BCUT2D eigenvalue weighted by Crippen LogP contribution is 2.33. The monoisotopic (exact) mass is 220 g/mol. The van der Waals surface area contributed by atoms with Crippen molar-refractivity contribution in [3.8, 4) is 0 Å². The van der Waals surface area contributed by atoms with Crippen LogP contribution >= 0.6 is 0 Å². The molecular formula is C14H22NO+. The van der Waals surface area contributed by atoms with E-state index in [1.54, 1.807) is 0 Å². The highest BCUT2D eigenvalue weighted by Gasteiger charge is 2.34. The third-order valence-electron chi connectivity index (χ3n) is 3.75. The van der Waals surface area contributed by atoms with Gasteiger partial charge < -0.3 is 5.11 Å². The van der Waals surface area contributed by atoms with E-state index >= 15 is 0 Å². The minimum atomic E-state index is -0.629. The summed E-state index contributed by atoms with van der Waals surface area (Å²) in [6.45, 7) is 4.14. The molecular weight excluding hydrogens is 198 g/mol. The molecule has 0 radical (unpaired) electrons. The molecule has 1 aliphatic rings. The van der Waals surface area contributed by atoms with Crippen LogP contribution < -0.4 is 4.57 Å². The largest absolute Gasteiger partial charge is 0.385 e. The van der Waals surface area contributed by atoms with Gasteiger partial charge in [-0.15, -0.1) is 0 Å². The first kappa shape index (κ1) is 11.6. The number of aliphatic hydroxyl groups is 1. The Morgan fingerprint density at radius 2 is 2.19 bits per heavy atom. The van der Waals surface area contributed by atoms with Crippen molar-refractivity contribution in [3.63, 3.8) is 0 Å². The Balaban J connectivity index is 2.49. The van der Waals surface area contributed by atoms with Gasteiger partial charge in [-0.3, -0.25) is 0 Å². The van der Waals surface area contributed by atoms with Crippen LogP contribution in [0, 0.1) is 0 Å². The van der Waals surface area contributed by atoms with Gasteiger partial charge in [0.2, 0.25) is 0 Å². The number of hydrogen-bond acceptors (Lipinski definition) is 1. The molecule has 2 heteroatoms. The maximum Gasteiger partial charge on any atom is 0.187 e. The van der Waals surface area contributed by atoms with Crippen molar-refractivity contribution in [1.82, 2.24) is 0 Å². The van der Waals surface area contributed by atoms with Crippen LogP contribution in [0.2, 0.25) is 0 Å². The molecule has 0 aliphatic heterocycles. The lowest BCUT2D eigenvalue weighted by molar-refractivity contribution is -0.687. The summed E-state index contributed by atoms with van der Waals surface area (Å²) in [5, 5.41) is 10.4. The van der Waals surface area contributed by atoms with Gasteiger partial charge in [0, 0.05) is 18.9 Å². The highest BCUT2D eigenvalue weighted by atomic mass is 16.3. The number of pyridine rings is 1. The number of aromatic nitrogens is 1. The van der Waals surface area contributed by atoms with E-state index in [1.165, 1.54) is 17.8 Å². The summed E-state index contributed by atoms with van der Waals surface area (Å²) in [5.41, 5.74) is 3.19. The maximum atomic E-state index is 10.4. The second kappa shape index (κ2) is 4.17. The summed E-state index contributed by atoms with van der Waals surface area (Å²) in [6, 6.07) is 4.29. The summed E-state index contributed by atoms with van der Waals surface area (Å²) in [4.78, 5) is 0. The topological polar surface area (TPSA) is 24.1 Å². The molecule has 0 amide bonds. The molecule has 88 valence electrons. The van der Waals surface area contributed by atoms with Crippen molar-refractivity contribution in [3.05, 3.63) is 29.1 Å². The van der Waals surface area contributed by atoms with Gasteiger partial charge in [-0.1, -0.05) is 6.92 Å². The van der Waals surface area contributed by atoms with Crippen molar-refractivity contribution >= 4 is 0 Å². The Labute approximate surface area is 97.9 Å².